The molecule has 0 aliphatic carbocycles. The Kier molecular flexibility index (Phi) is 5.94. The molecule has 0 fully saturated rings. The maximum absolute atomic E-state index is 11.5. The number of rotatable bonds is 7. The Labute approximate surface area is 158 Å². The lowest BCUT2D eigenvalue weighted by atomic mass is 10.0. The van der Waals surface area contributed by atoms with E-state index in [1.54, 1.807) is 7.11 Å². The average Bonchev–Trinajstić information content (AvgIpc) is 2.71. The molecule has 0 aliphatic heterocycles. The average molecular weight is 365 g/mol. The van der Waals surface area contributed by atoms with E-state index in [2.05, 4.69) is 16.9 Å². The molecule has 0 saturated heterocycles. The topological polar surface area (TPSA) is 70.8 Å². The summed E-state index contributed by atoms with van der Waals surface area (Å²) in [6.07, 6.45) is 0.389. The SMILES string of the molecule is COC(=O)C(N)Cc1ccc(OC)c(COc2ccc3ccccc3c2)c1. The van der Waals surface area contributed by atoms with E-state index < -0.39 is 12.0 Å². The molecule has 1 unspecified atom stereocenters. The van der Waals surface area contributed by atoms with Gasteiger partial charge in [-0.15, -0.1) is 0 Å². The lowest BCUT2D eigenvalue weighted by Crippen LogP contribution is -2.33. The first kappa shape index (κ1) is 18.7. The Hall–Kier alpha value is -3.05. The standard InChI is InChI=1S/C22H23NO4/c1-25-21-10-7-15(12-20(23)22(24)26-2)11-18(21)14-27-19-9-8-16-5-3-4-6-17(16)13-19/h3-11,13,20H,12,14,23H2,1-2H3. The third kappa shape index (κ3) is 4.57. The molecule has 0 radical (unpaired) electrons. The number of benzene rings is 3. The van der Waals surface area contributed by atoms with Crippen molar-refractivity contribution < 1.29 is 19.0 Å². The van der Waals surface area contributed by atoms with Crippen LogP contribution in [-0.2, 0) is 22.6 Å². The smallest absolute Gasteiger partial charge is 0.322 e. The molecule has 5 nitrogen and oxygen atoms in total. The third-order valence-corrected chi connectivity index (χ3v) is 4.42. The van der Waals surface area contributed by atoms with Crippen LogP contribution in [0.25, 0.3) is 10.8 Å². The van der Waals surface area contributed by atoms with E-state index >= 15 is 0 Å². The van der Waals surface area contributed by atoms with Crippen LogP contribution in [-0.4, -0.2) is 26.2 Å². The summed E-state index contributed by atoms with van der Waals surface area (Å²) in [6.45, 7) is 0.350. The van der Waals surface area contributed by atoms with Crippen LogP contribution in [0.2, 0.25) is 0 Å². The van der Waals surface area contributed by atoms with Gasteiger partial charge in [-0.1, -0.05) is 36.4 Å². The van der Waals surface area contributed by atoms with Crippen molar-refractivity contribution in [1.29, 1.82) is 0 Å². The van der Waals surface area contributed by atoms with Gasteiger partial charge in [0.05, 0.1) is 14.2 Å². The summed E-state index contributed by atoms with van der Waals surface area (Å²) in [5.74, 6) is 1.08. The van der Waals surface area contributed by atoms with Gasteiger partial charge >= 0.3 is 5.97 Å². The van der Waals surface area contributed by atoms with Gasteiger partial charge in [0.15, 0.2) is 0 Å². The fourth-order valence-electron chi connectivity index (χ4n) is 2.98. The molecule has 1 atom stereocenters. The Morgan fingerprint density at radius 2 is 1.78 bits per heavy atom. The monoisotopic (exact) mass is 365 g/mol. The van der Waals surface area contributed by atoms with Gasteiger partial charge in [-0.3, -0.25) is 4.79 Å². The van der Waals surface area contributed by atoms with Crippen molar-refractivity contribution in [2.24, 2.45) is 5.73 Å². The van der Waals surface area contributed by atoms with Gasteiger partial charge in [0.2, 0.25) is 0 Å². The predicted molar refractivity (Wildman–Crippen MR) is 105 cm³/mol. The predicted octanol–water partition coefficient (Wildman–Crippen LogP) is 3.47. The minimum atomic E-state index is -0.697. The molecule has 3 aromatic carbocycles. The van der Waals surface area contributed by atoms with Gasteiger partial charge in [0.25, 0.3) is 0 Å². The zero-order valence-electron chi connectivity index (χ0n) is 15.5. The molecule has 0 saturated carbocycles. The molecule has 0 spiro atoms. The van der Waals surface area contributed by atoms with Crippen LogP contribution in [0.4, 0.5) is 0 Å². The molecule has 3 rings (SSSR count). The van der Waals surface area contributed by atoms with E-state index in [9.17, 15) is 4.79 Å². The van der Waals surface area contributed by atoms with Crippen LogP contribution < -0.4 is 15.2 Å². The van der Waals surface area contributed by atoms with Crippen molar-refractivity contribution >= 4 is 16.7 Å². The highest BCUT2D eigenvalue weighted by molar-refractivity contribution is 5.83. The molecule has 27 heavy (non-hydrogen) atoms. The number of hydrogen-bond donors (Lipinski definition) is 1. The van der Waals surface area contributed by atoms with Crippen molar-refractivity contribution in [3.8, 4) is 11.5 Å². The zero-order chi connectivity index (χ0) is 19.2. The normalized spacial score (nSPS) is 11.8. The molecule has 0 amide bonds. The molecule has 0 heterocycles. The largest absolute Gasteiger partial charge is 0.496 e. The molecule has 3 aromatic rings. The minimum Gasteiger partial charge on any atom is -0.496 e. The second kappa shape index (κ2) is 8.56. The van der Waals surface area contributed by atoms with Gasteiger partial charge in [-0.05, 0) is 47.0 Å². The molecule has 2 N–H and O–H groups in total. The Bertz CT molecular complexity index is 938. The Morgan fingerprint density at radius 3 is 2.52 bits per heavy atom. The number of hydrogen-bond acceptors (Lipinski definition) is 5. The number of fused-ring (bicyclic) bond motifs is 1. The highest BCUT2D eigenvalue weighted by atomic mass is 16.5. The zero-order valence-corrected chi connectivity index (χ0v) is 15.5. The second-order valence-electron chi connectivity index (χ2n) is 6.28. The van der Waals surface area contributed by atoms with Crippen molar-refractivity contribution in [1.82, 2.24) is 0 Å². The van der Waals surface area contributed by atoms with E-state index in [1.807, 2.05) is 48.5 Å². The first-order chi connectivity index (χ1) is 13.1. The maximum Gasteiger partial charge on any atom is 0.322 e. The highest BCUT2D eigenvalue weighted by Crippen LogP contribution is 2.25. The second-order valence-corrected chi connectivity index (χ2v) is 6.28. The van der Waals surface area contributed by atoms with Gasteiger partial charge in [-0.25, -0.2) is 0 Å². The van der Waals surface area contributed by atoms with E-state index in [4.69, 9.17) is 15.2 Å². The number of carbonyl (C=O) groups is 1. The molecule has 0 aromatic heterocycles. The minimum absolute atomic E-state index is 0.350. The van der Waals surface area contributed by atoms with Crippen LogP contribution in [0, 0.1) is 0 Å². The number of methoxy groups -OCH3 is 2. The van der Waals surface area contributed by atoms with Gasteiger partial charge in [-0.2, -0.15) is 0 Å². The molecule has 5 heteroatoms. The van der Waals surface area contributed by atoms with Crippen molar-refractivity contribution in [2.45, 2.75) is 19.1 Å². The van der Waals surface area contributed by atoms with E-state index in [-0.39, 0.29) is 0 Å². The van der Waals surface area contributed by atoms with Gasteiger partial charge in [0, 0.05) is 5.56 Å². The summed E-state index contributed by atoms with van der Waals surface area (Å²) < 4.78 is 16.1. The summed E-state index contributed by atoms with van der Waals surface area (Å²) in [4.78, 5) is 11.5. The molecule has 140 valence electrons. The summed E-state index contributed by atoms with van der Waals surface area (Å²) in [7, 11) is 2.95. The third-order valence-electron chi connectivity index (χ3n) is 4.42. The van der Waals surface area contributed by atoms with Crippen LogP contribution in [0.1, 0.15) is 11.1 Å². The summed E-state index contributed by atoms with van der Waals surface area (Å²) in [6, 6.07) is 19.1. The molecule has 0 bridgehead atoms. The Morgan fingerprint density at radius 1 is 1.00 bits per heavy atom. The number of nitrogens with two attached hydrogens (primary N) is 1. The quantitative estimate of drug-likeness (QED) is 0.649. The van der Waals surface area contributed by atoms with E-state index in [0.29, 0.717) is 13.0 Å². The van der Waals surface area contributed by atoms with Crippen molar-refractivity contribution in [3.63, 3.8) is 0 Å². The highest BCUT2D eigenvalue weighted by Gasteiger charge is 2.15. The Balaban J connectivity index is 1.75. The summed E-state index contributed by atoms with van der Waals surface area (Å²) in [5.41, 5.74) is 7.67. The van der Waals surface area contributed by atoms with E-state index in [1.165, 1.54) is 12.5 Å². The molecular formula is C22H23NO4. The number of ether oxygens (including phenoxy) is 3. The van der Waals surface area contributed by atoms with Crippen LogP contribution in [0.15, 0.2) is 60.7 Å². The molecular weight excluding hydrogens is 342 g/mol. The van der Waals surface area contributed by atoms with Crippen LogP contribution in [0.3, 0.4) is 0 Å². The molecule has 0 aliphatic rings. The van der Waals surface area contributed by atoms with Gasteiger partial charge in [0.1, 0.15) is 24.1 Å². The maximum atomic E-state index is 11.5. The van der Waals surface area contributed by atoms with Crippen molar-refractivity contribution in [2.75, 3.05) is 14.2 Å². The first-order valence-electron chi connectivity index (χ1n) is 8.71. The number of carbonyl (C=O) groups excluding carboxylic acids is 1. The lowest BCUT2D eigenvalue weighted by molar-refractivity contribution is -0.142. The van der Waals surface area contributed by atoms with Gasteiger partial charge < -0.3 is 19.9 Å². The fourth-order valence-corrected chi connectivity index (χ4v) is 2.98. The number of esters is 1. The lowest BCUT2D eigenvalue weighted by Gasteiger charge is -2.14. The van der Waals surface area contributed by atoms with Crippen LogP contribution >= 0.6 is 0 Å². The summed E-state index contributed by atoms with van der Waals surface area (Å²) in [5, 5.41) is 2.29. The van der Waals surface area contributed by atoms with Crippen molar-refractivity contribution in [3.05, 3.63) is 71.8 Å². The summed E-state index contributed by atoms with van der Waals surface area (Å²) >= 11 is 0. The van der Waals surface area contributed by atoms with Crippen LogP contribution in [0.5, 0.6) is 11.5 Å². The fraction of sp³-hybridized carbons (Fsp3) is 0.227. The van der Waals surface area contributed by atoms with E-state index in [0.717, 1.165) is 28.0 Å². The first-order valence-corrected chi connectivity index (χ1v) is 8.71.